The third kappa shape index (κ3) is 34.6. The first-order valence-electron chi connectivity index (χ1n) is 21.0. The zero-order valence-corrected chi connectivity index (χ0v) is 32.0. The van der Waals surface area contributed by atoms with Crippen LogP contribution in [0.25, 0.3) is 0 Å². The van der Waals surface area contributed by atoms with Crippen LogP contribution < -0.4 is 0 Å². The maximum absolute atomic E-state index is 12.5. The van der Waals surface area contributed by atoms with Crippen molar-refractivity contribution in [3.05, 3.63) is 0 Å². The fourth-order valence-electron chi connectivity index (χ4n) is 6.52. The average Bonchev–Trinajstić information content (AvgIpc) is 3.04. The van der Waals surface area contributed by atoms with Crippen molar-refractivity contribution in [1.29, 1.82) is 0 Å². The largest absolute Gasteiger partial charge is 0.466 e. The highest BCUT2D eigenvalue weighted by atomic mass is 16.6. The quantitative estimate of drug-likeness (QED) is 0.0524. The monoisotopic (exact) mass is 667 g/mol. The van der Waals surface area contributed by atoms with Gasteiger partial charge in [-0.05, 0) is 19.8 Å². The summed E-state index contributed by atoms with van der Waals surface area (Å²) >= 11 is 0. The highest BCUT2D eigenvalue weighted by Gasteiger charge is 2.28. The van der Waals surface area contributed by atoms with Gasteiger partial charge in [0.2, 0.25) is 0 Å². The molecule has 280 valence electrons. The molecule has 1 atom stereocenters. The van der Waals surface area contributed by atoms with Gasteiger partial charge in [-0.3, -0.25) is 9.59 Å². The minimum absolute atomic E-state index is 0.0597. The van der Waals surface area contributed by atoms with E-state index >= 15 is 0 Å². The lowest BCUT2D eigenvalue weighted by molar-refractivity contribution is -0.162. The molecule has 0 amide bonds. The number of ether oxygens (including phenoxy) is 2. The Morgan fingerprint density at radius 2 is 0.745 bits per heavy atom. The molecule has 0 aromatic rings. The Bertz CT molecular complexity index is 665. The van der Waals surface area contributed by atoms with Crippen LogP contribution in [0.1, 0.15) is 239 Å². The molecule has 0 radical (unpaired) electrons. The number of carbonyl (C=O) groups is 2. The van der Waals surface area contributed by atoms with Crippen molar-refractivity contribution >= 4 is 11.9 Å². The van der Waals surface area contributed by atoms with Gasteiger partial charge in [-0.2, -0.15) is 0 Å². The van der Waals surface area contributed by atoms with Crippen molar-refractivity contribution in [3.8, 4) is 0 Å². The molecule has 5 heteroatoms. The Hall–Kier alpha value is -1.10. The Kier molecular flexibility index (Phi) is 35.3. The molecular formula is C42H82O5. The first-order chi connectivity index (χ1) is 23.0. The third-order valence-electron chi connectivity index (χ3n) is 9.86. The van der Waals surface area contributed by atoms with E-state index in [2.05, 4.69) is 13.8 Å². The summed E-state index contributed by atoms with van der Waals surface area (Å²) in [5.74, 6) is -0.380. The normalized spacial score (nSPS) is 12.7. The van der Waals surface area contributed by atoms with Crippen LogP contribution >= 0.6 is 0 Å². The number of aliphatic hydroxyl groups excluding tert-OH is 1. The van der Waals surface area contributed by atoms with Crippen LogP contribution in [0.3, 0.4) is 0 Å². The highest BCUT2D eigenvalue weighted by Crippen LogP contribution is 2.22. The van der Waals surface area contributed by atoms with Gasteiger partial charge in [0.1, 0.15) is 5.60 Å². The second-order valence-electron chi connectivity index (χ2n) is 14.8. The molecule has 0 saturated carbocycles. The molecule has 0 aliphatic carbocycles. The molecule has 1 unspecified atom stereocenters. The summed E-state index contributed by atoms with van der Waals surface area (Å²) in [6.07, 6.45) is 40.7. The van der Waals surface area contributed by atoms with Crippen LogP contribution in [0.4, 0.5) is 0 Å². The van der Waals surface area contributed by atoms with E-state index in [1.807, 2.05) is 6.92 Å². The summed E-state index contributed by atoms with van der Waals surface area (Å²) in [6.45, 7) is 6.55. The summed E-state index contributed by atoms with van der Waals surface area (Å²) in [4.78, 5) is 24.8. The van der Waals surface area contributed by atoms with Crippen molar-refractivity contribution in [2.24, 2.45) is 0 Å². The van der Waals surface area contributed by atoms with Crippen LogP contribution in [-0.2, 0) is 19.1 Å². The van der Waals surface area contributed by atoms with Gasteiger partial charge in [0.25, 0.3) is 0 Å². The molecular weight excluding hydrogens is 584 g/mol. The van der Waals surface area contributed by atoms with Crippen molar-refractivity contribution in [3.63, 3.8) is 0 Å². The number of esters is 2. The number of hydrogen-bond donors (Lipinski definition) is 1. The summed E-state index contributed by atoms with van der Waals surface area (Å²) in [5.41, 5.74) is -0.795. The predicted molar refractivity (Wildman–Crippen MR) is 201 cm³/mol. The van der Waals surface area contributed by atoms with Crippen LogP contribution in [0.15, 0.2) is 0 Å². The molecule has 0 fully saturated rings. The summed E-state index contributed by atoms with van der Waals surface area (Å²) < 4.78 is 11.2. The third-order valence-corrected chi connectivity index (χ3v) is 9.86. The zero-order valence-electron chi connectivity index (χ0n) is 32.0. The zero-order chi connectivity index (χ0) is 34.5. The molecule has 1 N–H and O–H groups in total. The van der Waals surface area contributed by atoms with Crippen LogP contribution in [-0.4, -0.2) is 35.9 Å². The molecule has 0 bridgehead atoms. The van der Waals surface area contributed by atoms with Gasteiger partial charge in [0.05, 0.1) is 6.61 Å². The lowest BCUT2D eigenvalue weighted by Gasteiger charge is -2.29. The number of carbonyl (C=O) groups excluding carboxylic acids is 2. The van der Waals surface area contributed by atoms with Gasteiger partial charge in [-0.25, -0.2) is 0 Å². The number of rotatable bonds is 38. The van der Waals surface area contributed by atoms with Crippen LogP contribution in [0, 0.1) is 0 Å². The molecule has 0 aliphatic heterocycles. The van der Waals surface area contributed by atoms with Crippen LogP contribution in [0.2, 0.25) is 0 Å². The molecule has 0 spiro atoms. The van der Waals surface area contributed by atoms with E-state index in [0.29, 0.717) is 25.7 Å². The van der Waals surface area contributed by atoms with E-state index in [1.54, 1.807) is 0 Å². The van der Waals surface area contributed by atoms with Gasteiger partial charge in [-0.1, -0.05) is 194 Å². The smallest absolute Gasteiger partial charge is 0.306 e. The molecule has 0 rings (SSSR count). The SMILES string of the molecule is CCCCCCCCCCCCCCCCCC(=O)OCCC(C)(CCO)OC(=O)CCCCCCCCCCCCCCCCC. The standard InChI is InChI=1S/C42H82O5/c1-4-6-8-10-12-14-16-18-20-22-24-26-28-30-32-34-40(44)46-39-37-42(3,36-38-43)47-41(45)35-33-31-29-27-25-23-21-19-17-15-13-11-9-7-5-2/h43H,4-39H2,1-3H3. The van der Waals surface area contributed by atoms with Crippen LogP contribution in [0.5, 0.6) is 0 Å². The van der Waals surface area contributed by atoms with Crippen molar-refractivity contribution in [2.45, 2.75) is 245 Å². The van der Waals surface area contributed by atoms with E-state index in [4.69, 9.17) is 9.47 Å². The molecule has 0 heterocycles. The molecule has 47 heavy (non-hydrogen) atoms. The predicted octanol–water partition coefficient (Wildman–Crippen LogP) is 13.1. The second-order valence-corrected chi connectivity index (χ2v) is 14.8. The fourth-order valence-corrected chi connectivity index (χ4v) is 6.52. The minimum Gasteiger partial charge on any atom is -0.466 e. The first-order valence-corrected chi connectivity index (χ1v) is 21.0. The Labute approximate surface area is 293 Å². The molecule has 0 aliphatic rings. The van der Waals surface area contributed by atoms with Gasteiger partial charge in [0.15, 0.2) is 0 Å². The van der Waals surface area contributed by atoms with Crippen molar-refractivity contribution < 1.29 is 24.2 Å². The molecule has 0 aromatic heterocycles. The summed E-state index contributed by atoms with van der Waals surface area (Å²) in [6, 6.07) is 0. The molecule has 0 aromatic carbocycles. The number of unbranched alkanes of at least 4 members (excludes halogenated alkanes) is 28. The first kappa shape index (κ1) is 45.9. The van der Waals surface area contributed by atoms with Crippen molar-refractivity contribution in [1.82, 2.24) is 0 Å². The van der Waals surface area contributed by atoms with Crippen molar-refractivity contribution in [2.75, 3.05) is 13.2 Å². The highest BCUT2D eigenvalue weighted by molar-refractivity contribution is 5.70. The average molecular weight is 667 g/mol. The summed E-state index contributed by atoms with van der Waals surface area (Å²) in [7, 11) is 0. The number of hydrogen-bond acceptors (Lipinski definition) is 5. The van der Waals surface area contributed by atoms with E-state index in [-0.39, 0.29) is 25.2 Å². The Morgan fingerprint density at radius 1 is 0.447 bits per heavy atom. The summed E-state index contributed by atoms with van der Waals surface area (Å²) in [5, 5.41) is 9.54. The van der Waals surface area contributed by atoms with Gasteiger partial charge < -0.3 is 14.6 Å². The number of aliphatic hydroxyl groups is 1. The maximum atomic E-state index is 12.5. The molecule has 5 nitrogen and oxygen atoms in total. The van der Waals surface area contributed by atoms with E-state index < -0.39 is 5.60 Å². The fraction of sp³-hybridized carbons (Fsp3) is 0.952. The van der Waals surface area contributed by atoms with Gasteiger partial charge in [-0.15, -0.1) is 0 Å². The van der Waals surface area contributed by atoms with E-state index in [9.17, 15) is 14.7 Å². The minimum atomic E-state index is -0.795. The Morgan fingerprint density at radius 3 is 1.06 bits per heavy atom. The lowest BCUT2D eigenvalue weighted by atomic mass is 9.98. The second kappa shape index (κ2) is 36.2. The van der Waals surface area contributed by atoms with E-state index in [0.717, 1.165) is 25.7 Å². The van der Waals surface area contributed by atoms with E-state index in [1.165, 1.54) is 167 Å². The molecule has 0 saturated heterocycles. The maximum Gasteiger partial charge on any atom is 0.306 e. The van der Waals surface area contributed by atoms with Gasteiger partial charge in [0, 0.05) is 32.3 Å². The topological polar surface area (TPSA) is 72.8 Å². The Balaban J connectivity index is 3.71. The van der Waals surface area contributed by atoms with Gasteiger partial charge >= 0.3 is 11.9 Å². The lowest BCUT2D eigenvalue weighted by Crippen LogP contribution is -2.34.